The maximum Gasteiger partial charge on any atom is 0.147 e. The first-order valence-corrected chi connectivity index (χ1v) is 6.80. The lowest BCUT2D eigenvalue weighted by atomic mass is 10.1. The van der Waals surface area contributed by atoms with Gasteiger partial charge in [-0.2, -0.15) is 0 Å². The Hall–Kier alpha value is -1.68. The highest BCUT2D eigenvalue weighted by molar-refractivity contribution is 9.10. The first-order chi connectivity index (χ1) is 9.08. The van der Waals surface area contributed by atoms with Crippen molar-refractivity contribution in [1.29, 1.82) is 0 Å². The molecule has 0 saturated carbocycles. The molecule has 3 rings (SSSR count). The lowest BCUT2D eigenvalue weighted by molar-refractivity contribution is 0.418. The largest absolute Gasteiger partial charge is 0.494 e. The second-order valence-electron chi connectivity index (χ2n) is 4.62. The average Bonchev–Trinajstić information content (AvgIpc) is 2.37. The number of benzene rings is 2. The van der Waals surface area contributed by atoms with Gasteiger partial charge in [-0.25, -0.2) is 9.97 Å². The molecule has 0 aliphatic carbocycles. The smallest absolute Gasteiger partial charge is 0.147 e. The van der Waals surface area contributed by atoms with Crippen molar-refractivity contribution in [2.45, 2.75) is 13.8 Å². The van der Waals surface area contributed by atoms with Crippen LogP contribution in [0.25, 0.3) is 22.1 Å². The SMILES string of the molecule is COc1cc(Br)cc2nc3cc(C)c(C)cc3nc12. The van der Waals surface area contributed by atoms with E-state index in [0.717, 1.165) is 32.3 Å². The number of hydrogen-bond acceptors (Lipinski definition) is 3. The summed E-state index contributed by atoms with van der Waals surface area (Å²) < 4.78 is 6.32. The molecule has 0 bridgehead atoms. The first-order valence-electron chi connectivity index (χ1n) is 6.01. The van der Waals surface area contributed by atoms with Crippen LogP contribution in [0.2, 0.25) is 0 Å². The van der Waals surface area contributed by atoms with E-state index in [1.807, 2.05) is 12.1 Å². The van der Waals surface area contributed by atoms with Crippen LogP contribution in [0.15, 0.2) is 28.7 Å². The van der Waals surface area contributed by atoms with Crippen molar-refractivity contribution < 1.29 is 4.74 Å². The summed E-state index contributed by atoms with van der Waals surface area (Å²) in [7, 11) is 1.65. The van der Waals surface area contributed by atoms with Gasteiger partial charge >= 0.3 is 0 Å². The quantitative estimate of drug-likeness (QED) is 0.632. The number of nitrogens with zero attached hydrogens (tertiary/aromatic N) is 2. The van der Waals surface area contributed by atoms with Gasteiger partial charge in [0.25, 0.3) is 0 Å². The molecular formula is C15H13BrN2O. The minimum absolute atomic E-state index is 0.733. The third-order valence-electron chi connectivity index (χ3n) is 3.30. The maximum absolute atomic E-state index is 5.38. The molecule has 0 saturated heterocycles. The fourth-order valence-corrected chi connectivity index (χ4v) is 2.55. The van der Waals surface area contributed by atoms with Gasteiger partial charge in [-0.05, 0) is 49.2 Å². The summed E-state index contributed by atoms with van der Waals surface area (Å²) in [6.07, 6.45) is 0. The number of aromatic nitrogens is 2. The van der Waals surface area contributed by atoms with Crippen LogP contribution in [0.4, 0.5) is 0 Å². The molecule has 3 nitrogen and oxygen atoms in total. The van der Waals surface area contributed by atoms with Crippen molar-refractivity contribution in [1.82, 2.24) is 9.97 Å². The van der Waals surface area contributed by atoms with Crippen LogP contribution in [0.3, 0.4) is 0 Å². The van der Waals surface area contributed by atoms with E-state index in [0.29, 0.717) is 0 Å². The third kappa shape index (κ3) is 2.06. The Bertz CT molecular complexity index is 799. The summed E-state index contributed by atoms with van der Waals surface area (Å²) in [5.74, 6) is 0.733. The summed E-state index contributed by atoms with van der Waals surface area (Å²) in [6.45, 7) is 4.17. The van der Waals surface area contributed by atoms with E-state index in [-0.39, 0.29) is 0 Å². The number of hydrogen-bond donors (Lipinski definition) is 0. The first kappa shape index (κ1) is 12.4. The van der Waals surface area contributed by atoms with Gasteiger partial charge in [-0.1, -0.05) is 15.9 Å². The Kier molecular flexibility index (Phi) is 2.90. The number of halogens is 1. The third-order valence-corrected chi connectivity index (χ3v) is 3.76. The van der Waals surface area contributed by atoms with Crippen molar-refractivity contribution in [2.75, 3.05) is 7.11 Å². The van der Waals surface area contributed by atoms with Gasteiger partial charge in [0.1, 0.15) is 11.3 Å². The van der Waals surface area contributed by atoms with E-state index in [2.05, 4.69) is 51.9 Å². The molecule has 1 heterocycles. The van der Waals surface area contributed by atoms with E-state index in [9.17, 15) is 0 Å². The molecule has 0 N–H and O–H groups in total. The Morgan fingerprint density at radius 3 is 2.16 bits per heavy atom. The number of fused-ring (bicyclic) bond motifs is 2. The summed E-state index contributed by atoms with van der Waals surface area (Å²) in [5, 5.41) is 0. The van der Waals surface area contributed by atoms with E-state index in [1.54, 1.807) is 7.11 Å². The van der Waals surface area contributed by atoms with Crippen LogP contribution in [-0.2, 0) is 0 Å². The van der Waals surface area contributed by atoms with Crippen LogP contribution in [0.5, 0.6) is 5.75 Å². The van der Waals surface area contributed by atoms with Crippen LogP contribution < -0.4 is 4.74 Å². The summed E-state index contributed by atoms with van der Waals surface area (Å²) in [4.78, 5) is 9.36. The van der Waals surface area contributed by atoms with Gasteiger partial charge < -0.3 is 4.74 Å². The summed E-state index contributed by atoms with van der Waals surface area (Å²) in [5.41, 5.74) is 5.88. The van der Waals surface area contributed by atoms with E-state index in [4.69, 9.17) is 4.74 Å². The predicted molar refractivity (Wildman–Crippen MR) is 80.8 cm³/mol. The zero-order valence-corrected chi connectivity index (χ0v) is 12.6. The lowest BCUT2D eigenvalue weighted by Gasteiger charge is -2.08. The Morgan fingerprint density at radius 2 is 1.53 bits per heavy atom. The maximum atomic E-state index is 5.38. The predicted octanol–water partition coefficient (Wildman–Crippen LogP) is 4.17. The van der Waals surface area contributed by atoms with Gasteiger partial charge in [0.05, 0.1) is 23.7 Å². The highest BCUT2D eigenvalue weighted by Crippen LogP contribution is 2.29. The number of methoxy groups -OCH3 is 1. The zero-order chi connectivity index (χ0) is 13.6. The molecule has 0 radical (unpaired) electrons. The van der Waals surface area contributed by atoms with Crippen molar-refractivity contribution in [3.05, 3.63) is 39.9 Å². The number of aryl methyl sites for hydroxylation is 2. The molecule has 0 spiro atoms. The fraction of sp³-hybridized carbons (Fsp3) is 0.200. The van der Waals surface area contributed by atoms with E-state index in [1.165, 1.54) is 11.1 Å². The van der Waals surface area contributed by atoms with Gasteiger partial charge in [0.2, 0.25) is 0 Å². The van der Waals surface area contributed by atoms with Crippen molar-refractivity contribution >= 4 is 38.0 Å². The molecule has 0 fully saturated rings. The van der Waals surface area contributed by atoms with Crippen molar-refractivity contribution in [2.24, 2.45) is 0 Å². The van der Waals surface area contributed by atoms with E-state index < -0.39 is 0 Å². The second-order valence-corrected chi connectivity index (χ2v) is 5.54. The number of ether oxygens (including phenoxy) is 1. The standard InChI is InChI=1S/C15H13BrN2O/c1-8-4-11-12(5-9(8)2)18-15-13(17-11)6-10(16)7-14(15)19-3/h4-7H,1-3H3. The van der Waals surface area contributed by atoms with Crippen LogP contribution in [-0.4, -0.2) is 17.1 Å². The molecule has 19 heavy (non-hydrogen) atoms. The van der Waals surface area contributed by atoms with Gasteiger partial charge in [0, 0.05) is 4.47 Å². The van der Waals surface area contributed by atoms with Gasteiger partial charge in [-0.15, -0.1) is 0 Å². The summed E-state index contributed by atoms with van der Waals surface area (Å²) in [6, 6.07) is 8.01. The normalized spacial score (nSPS) is 11.2. The second kappa shape index (κ2) is 4.46. The molecule has 2 aromatic carbocycles. The topological polar surface area (TPSA) is 35.0 Å². The minimum Gasteiger partial charge on any atom is -0.494 e. The van der Waals surface area contributed by atoms with Gasteiger partial charge in [0.15, 0.2) is 0 Å². The molecule has 0 aliphatic rings. The zero-order valence-electron chi connectivity index (χ0n) is 11.0. The Balaban J connectivity index is 2.44. The van der Waals surface area contributed by atoms with Gasteiger partial charge in [-0.3, -0.25) is 0 Å². The molecule has 0 atom stereocenters. The molecular weight excluding hydrogens is 304 g/mol. The minimum atomic E-state index is 0.733. The highest BCUT2D eigenvalue weighted by Gasteiger charge is 2.09. The monoisotopic (exact) mass is 316 g/mol. The lowest BCUT2D eigenvalue weighted by Crippen LogP contribution is -1.93. The molecule has 4 heteroatoms. The van der Waals surface area contributed by atoms with E-state index >= 15 is 0 Å². The molecule has 0 amide bonds. The average molecular weight is 317 g/mol. The van der Waals surface area contributed by atoms with Crippen LogP contribution in [0, 0.1) is 13.8 Å². The number of rotatable bonds is 1. The molecule has 3 aromatic rings. The molecule has 0 unspecified atom stereocenters. The van der Waals surface area contributed by atoms with Crippen LogP contribution in [0.1, 0.15) is 11.1 Å². The fourth-order valence-electron chi connectivity index (χ4n) is 2.13. The highest BCUT2D eigenvalue weighted by atomic mass is 79.9. The molecule has 1 aromatic heterocycles. The molecule has 96 valence electrons. The molecule has 0 aliphatic heterocycles. The van der Waals surface area contributed by atoms with Crippen LogP contribution >= 0.6 is 15.9 Å². The Labute approximate surface area is 119 Å². The van der Waals surface area contributed by atoms with Crippen molar-refractivity contribution in [3.63, 3.8) is 0 Å². The van der Waals surface area contributed by atoms with Crippen molar-refractivity contribution in [3.8, 4) is 5.75 Å². The Morgan fingerprint density at radius 1 is 0.895 bits per heavy atom. The summed E-state index contributed by atoms with van der Waals surface area (Å²) >= 11 is 3.47.